The zero-order valence-corrected chi connectivity index (χ0v) is 19.5. The van der Waals surface area contributed by atoms with Gasteiger partial charge in [0, 0.05) is 35.1 Å². The number of aromatic hydroxyl groups is 1. The molecule has 1 aliphatic rings. The molecule has 0 aliphatic carbocycles. The van der Waals surface area contributed by atoms with E-state index < -0.39 is 6.04 Å². The number of hydrogen-bond acceptors (Lipinski definition) is 5. The molecule has 2 aromatic carbocycles. The van der Waals surface area contributed by atoms with Gasteiger partial charge >= 0.3 is 0 Å². The van der Waals surface area contributed by atoms with E-state index in [4.69, 9.17) is 16.3 Å². The molecule has 0 saturated carbocycles. The molecular formula is C26H23ClN4O3. The third-order valence-corrected chi connectivity index (χ3v) is 6.36. The molecule has 7 nitrogen and oxygen atoms in total. The molecule has 0 spiro atoms. The molecule has 0 radical (unpaired) electrons. The van der Waals surface area contributed by atoms with Crippen molar-refractivity contribution >= 4 is 17.5 Å². The Morgan fingerprint density at radius 3 is 2.82 bits per heavy atom. The zero-order chi connectivity index (χ0) is 23.8. The first-order chi connectivity index (χ1) is 16.5. The van der Waals surface area contributed by atoms with E-state index >= 15 is 0 Å². The van der Waals surface area contributed by atoms with Gasteiger partial charge in [-0.25, -0.2) is 0 Å². The second kappa shape index (κ2) is 8.83. The molecule has 4 aromatic rings. The van der Waals surface area contributed by atoms with E-state index in [9.17, 15) is 9.90 Å². The Morgan fingerprint density at radius 2 is 2.06 bits per heavy atom. The summed E-state index contributed by atoms with van der Waals surface area (Å²) in [4.78, 5) is 19.5. The Hall–Kier alpha value is -3.84. The molecule has 1 amide bonds. The van der Waals surface area contributed by atoms with Gasteiger partial charge in [0.25, 0.3) is 5.91 Å². The Labute approximate surface area is 202 Å². The van der Waals surface area contributed by atoms with Crippen molar-refractivity contribution in [3.63, 3.8) is 0 Å². The van der Waals surface area contributed by atoms with Crippen molar-refractivity contribution in [2.75, 3.05) is 6.61 Å². The van der Waals surface area contributed by atoms with Crippen molar-refractivity contribution < 1.29 is 14.6 Å². The monoisotopic (exact) mass is 474 g/mol. The van der Waals surface area contributed by atoms with Crippen LogP contribution in [0.4, 0.5) is 0 Å². The van der Waals surface area contributed by atoms with E-state index in [1.807, 2.05) is 50.2 Å². The van der Waals surface area contributed by atoms with Crippen LogP contribution in [0.25, 0.3) is 11.3 Å². The van der Waals surface area contributed by atoms with Crippen molar-refractivity contribution in [3.05, 3.63) is 93.9 Å². The lowest BCUT2D eigenvalue weighted by Gasteiger charge is -2.27. The summed E-state index contributed by atoms with van der Waals surface area (Å²) in [6.07, 6.45) is 3.45. The molecule has 8 heteroatoms. The number of aryl methyl sites for hydroxylation is 1. The maximum Gasteiger partial charge on any atom is 0.273 e. The first kappa shape index (κ1) is 22.0. The highest BCUT2D eigenvalue weighted by Gasteiger charge is 2.42. The number of H-pyrrole nitrogens is 1. The summed E-state index contributed by atoms with van der Waals surface area (Å²) in [6, 6.07) is 14.3. The number of nitrogens with one attached hydrogen (secondary N) is 1. The van der Waals surface area contributed by atoms with Crippen LogP contribution in [-0.4, -0.2) is 37.7 Å². The smallest absolute Gasteiger partial charge is 0.273 e. The van der Waals surface area contributed by atoms with E-state index in [-0.39, 0.29) is 11.7 Å². The summed E-state index contributed by atoms with van der Waals surface area (Å²) in [5.74, 6) is 0.590. The number of fused-ring (bicyclic) bond motifs is 1. The minimum atomic E-state index is -0.448. The van der Waals surface area contributed by atoms with Crippen molar-refractivity contribution in [2.45, 2.75) is 26.4 Å². The predicted octanol–water partition coefficient (Wildman–Crippen LogP) is 5.28. The van der Waals surface area contributed by atoms with Gasteiger partial charge in [-0.2, -0.15) is 5.10 Å². The number of phenolic OH excluding ortho intramolecular Hbond substituents is 1. The fourth-order valence-corrected chi connectivity index (χ4v) is 4.56. The van der Waals surface area contributed by atoms with Gasteiger partial charge in [0.1, 0.15) is 22.9 Å². The number of carbonyl (C=O) groups excluding carboxylic acids is 1. The van der Waals surface area contributed by atoms with Gasteiger partial charge in [0.2, 0.25) is 0 Å². The number of hydrogen-bond donors (Lipinski definition) is 2. The van der Waals surface area contributed by atoms with Gasteiger partial charge < -0.3 is 14.7 Å². The number of amides is 1. The molecule has 1 aliphatic heterocycles. The van der Waals surface area contributed by atoms with Gasteiger partial charge in [0.05, 0.1) is 12.6 Å². The van der Waals surface area contributed by atoms with Gasteiger partial charge in [0.15, 0.2) is 0 Å². The van der Waals surface area contributed by atoms with Crippen molar-refractivity contribution in [1.29, 1.82) is 0 Å². The lowest BCUT2D eigenvalue weighted by Crippen LogP contribution is -2.29. The van der Waals surface area contributed by atoms with E-state index in [1.54, 1.807) is 29.4 Å². The maximum atomic E-state index is 13.6. The van der Waals surface area contributed by atoms with Crippen LogP contribution in [0.15, 0.2) is 60.9 Å². The van der Waals surface area contributed by atoms with Crippen molar-refractivity contribution in [1.82, 2.24) is 20.1 Å². The number of benzene rings is 2. The molecule has 0 fully saturated rings. The molecule has 2 N–H and O–H groups in total. The van der Waals surface area contributed by atoms with Crippen molar-refractivity contribution in [3.8, 4) is 22.8 Å². The minimum Gasteiger partial charge on any atom is -0.507 e. The predicted molar refractivity (Wildman–Crippen MR) is 129 cm³/mol. The van der Waals surface area contributed by atoms with Crippen LogP contribution in [0, 0.1) is 6.92 Å². The highest BCUT2D eigenvalue weighted by atomic mass is 35.5. The number of nitrogens with zero attached hydrogens (tertiary/aromatic N) is 3. The third-order valence-electron chi connectivity index (χ3n) is 5.96. The Bertz CT molecular complexity index is 1370. The Balaban J connectivity index is 1.68. The summed E-state index contributed by atoms with van der Waals surface area (Å²) in [5, 5.41) is 18.6. The standard InChI is InChI=1S/C26H23ClN4O3/c1-3-34-18-8-4-7-17(11-18)25-22-23(19-12-20(27)15(2)10-21(19)32)29-30-24(22)26(33)31(25)14-16-6-5-9-28-13-16/h4-13,25,32H,3,14H2,1-2H3,(H,29,30)/t25-/m0/s1. The lowest BCUT2D eigenvalue weighted by atomic mass is 9.95. The average Bonchev–Trinajstić information content (AvgIpc) is 3.37. The molecule has 1 atom stereocenters. The molecule has 3 heterocycles. The number of aromatic amines is 1. The number of carbonyl (C=O) groups is 1. The molecule has 2 aromatic heterocycles. The van der Waals surface area contributed by atoms with Gasteiger partial charge in [-0.15, -0.1) is 0 Å². The molecule has 0 bridgehead atoms. The first-order valence-corrected chi connectivity index (χ1v) is 11.4. The van der Waals surface area contributed by atoms with Crippen LogP contribution in [0.3, 0.4) is 0 Å². The van der Waals surface area contributed by atoms with Gasteiger partial charge in [-0.3, -0.25) is 14.9 Å². The van der Waals surface area contributed by atoms with E-state index in [2.05, 4.69) is 15.2 Å². The quantitative estimate of drug-likeness (QED) is 0.396. The lowest BCUT2D eigenvalue weighted by molar-refractivity contribution is 0.0729. The van der Waals surface area contributed by atoms with Gasteiger partial charge in [-0.05, 0) is 60.9 Å². The highest BCUT2D eigenvalue weighted by molar-refractivity contribution is 6.31. The van der Waals surface area contributed by atoms with Crippen LogP contribution in [0.5, 0.6) is 11.5 Å². The number of halogens is 1. The Kier molecular flexibility index (Phi) is 5.71. The van der Waals surface area contributed by atoms with Crippen molar-refractivity contribution in [2.24, 2.45) is 0 Å². The summed E-state index contributed by atoms with van der Waals surface area (Å²) >= 11 is 6.38. The molecule has 172 valence electrons. The second-order valence-electron chi connectivity index (χ2n) is 8.18. The number of phenols is 1. The zero-order valence-electron chi connectivity index (χ0n) is 18.7. The highest BCUT2D eigenvalue weighted by Crippen LogP contribution is 2.46. The number of aromatic nitrogens is 3. The Morgan fingerprint density at radius 1 is 1.21 bits per heavy atom. The number of rotatable bonds is 6. The molecular weight excluding hydrogens is 452 g/mol. The summed E-state index contributed by atoms with van der Waals surface area (Å²) < 4.78 is 5.72. The first-order valence-electron chi connectivity index (χ1n) is 11.0. The van der Waals surface area contributed by atoms with Crippen LogP contribution in [0.1, 0.15) is 45.7 Å². The van der Waals surface area contributed by atoms with Crippen LogP contribution in [-0.2, 0) is 6.54 Å². The SMILES string of the molecule is CCOc1cccc([C@H]2c3c(-c4cc(Cl)c(C)cc4O)n[nH]c3C(=O)N2Cc2cccnc2)c1. The summed E-state index contributed by atoms with van der Waals surface area (Å²) in [6.45, 7) is 4.64. The van der Waals surface area contributed by atoms with Crippen LogP contribution in [0.2, 0.25) is 5.02 Å². The summed E-state index contributed by atoms with van der Waals surface area (Å²) in [5.41, 5.74) is 4.58. The third kappa shape index (κ3) is 3.78. The van der Waals surface area contributed by atoms with Gasteiger partial charge in [-0.1, -0.05) is 29.8 Å². The average molecular weight is 475 g/mol. The fourth-order valence-electron chi connectivity index (χ4n) is 4.40. The van der Waals surface area contributed by atoms with E-state index in [0.717, 1.165) is 16.7 Å². The topological polar surface area (TPSA) is 91.3 Å². The fraction of sp³-hybridized carbons (Fsp3) is 0.192. The summed E-state index contributed by atoms with van der Waals surface area (Å²) in [7, 11) is 0. The number of pyridine rings is 1. The molecule has 34 heavy (non-hydrogen) atoms. The minimum absolute atomic E-state index is 0.0520. The largest absolute Gasteiger partial charge is 0.507 e. The van der Waals surface area contributed by atoms with E-state index in [0.29, 0.717) is 46.4 Å². The number of ether oxygens (including phenoxy) is 1. The van der Waals surface area contributed by atoms with Crippen LogP contribution < -0.4 is 4.74 Å². The normalized spacial score (nSPS) is 15.0. The molecule has 0 saturated heterocycles. The molecule has 0 unspecified atom stereocenters. The van der Waals surface area contributed by atoms with E-state index in [1.165, 1.54) is 0 Å². The second-order valence-corrected chi connectivity index (χ2v) is 8.59. The molecule has 5 rings (SSSR count). The van der Waals surface area contributed by atoms with Crippen LogP contribution >= 0.6 is 11.6 Å². The maximum absolute atomic E-state index is 13.6.